The molecule has 0 spiro atoms. The van der Waals surface area contributed by atoms with Crippen LogP contribution in [0.15, 0.2) is 0 Å². The first kappa shape index (κ1) is 12.2. The molecular formula is C8H19O3P. The Bertz CT molecular complexity index is 168. The third-order valence-electron chi connectivity index (χ3n) is 1.80. The third kappa shape index (κ3) is 4.24. The Kier molecular flexibility index (Phi) is 5.07. The van der Waals surface area contributed by atoms with Crippen LogP contribution in [-0.2, 0) is 13.6 Å². The maximum Gasteiger partial charge on any atom is 0.327 e. The standard InChI is InChI=1S/C8H19O3P/c1-6-8(7(2)3)11-12(5,9)10-4/h7-8H,6H2,1-5H3. The van der Waals surface area contributed by atoms with Crippen LogP contribution >= 0.6 is 7.60 Å². The third-order valence-corrected chi connectivity index (χ3v) is 3.12. The molecule has 0 heterocycles. The summed E-state index contributed by atoms with van der Waals surface area (Å²) in [6.45, 7) is 7.60. The van der Waals surface area contributed by atoms with Gasteiger partial charge in [-0.3, -0.25) is 4.57 Å². The molecule has 0 amide bonds. The zero-order valence-electron chi connectivity index (χ0n) is 8.53. The lowest BCUT2D eigenvalue weighted by Gasteiger charge is -2.22. The van der Waals surface area contributed by atoms with Crippen molar-refractivity contribution in [1.82, 2.24) is 0 Å². The van der Waals surface area contributed by atoms with Crippen LogP contribution in [-0.4, -0.2) is 19.9 Å². The minimum Gasteiger partial charge on any atom is -0.312 e. The van der Waals surface area contributed by atoms with Crippen molar-refractivity contribution in [2.75, 3.05) is 13.8 Å². The predicted octanol–water partition coefficient (Wildman–Crippen LogP) is 2.91. The smallest absolute Gasteiger partial charge is 0.312 e. The lowest BCUT2D eigenvalue weighted by Crippen LogP contribution is -2.17. The topological polar surface area (TPSA) is 35.5 Å². The van der Waals surface area contributed by atoms with Crippen LogP contribution in [0.4, 0.5) is 0 Å². The first-order valence-electron chi connectivity index (χ1n) is 4.24. The highest BCUT2D eigenvalue weighted by atomic mass is 31.2. The number of hydrogen-bond donors (Lipinski definition) is 0. The van der Waals surface area contributed by atoms with Gasteiger partial charge in [-0.25, -0.2) is 0 Å². The minimum atomic E-state index is -2.80. The van der Waals surface area contributed by atoms with Gasteiger partial charge in [0, 0.05) is 13.8 Å². The normalized spacial score (nSPS) is 19.2. The summed E-state index contributed by atoms with van der Waals surface area (Å²) in [6.07, 6.45) is 0.888. The van der Waals surface area contributed by atoms with Gasteiger partial charge in [0.25, 0.3) is 0 Å². The molecule has 0 bridgehead atoms. The second-order valence-corrected chi connectivity index (χ2v) is 5.37. The molecule has 4 heteroatoms. The van der Waals surface area contributed by atoms with Gasteiger partial charge in [-0.15, -0.1) is 0 Å². The summed E-state index contributed by atoms with van der Waals surface area (Å²) >= 11 is 0. The molecule has 0 fully saturated rings. The van der Waals surface area contributed by atoms with Crippen molar-refractivity contribution in [3.8, 4) is 0 Å². The van der Waals surface area contributed by atoms with E-state index < -0.39 is 7.60 Å². The summed E-state index contributed by atoms with van der Waals surface area (Å²) in [6, 6.07) is 0. The molecule has 0 aromatic carbocycles. The molecule has 0 rings (SSSR count). The van der Waals surface area contributed by atoms with Gasteiger partial charge in [0.1, 0.15) is 0 Å². The molecule has 0 aliphatic carbocycles. The predicted molar refractivity (Wildman–Crippen MR) is 50.5 cm³/mol. The van der Waals surface area contributed by atoms with E-state index in [0.29, 0.717) is 5.92 Å². The molecule has 2 unspecified atom stereocenters. The zero-order chi connectivity index (χ0) is 9.78. The summed E-state index contributed by atoms with van der Waals surface area (Å²) in [7, 11) is -1.39. The molecular weight excluding hydrogens is 175 g/mol. The van der Waals surface area contributed by atoms with E-state index >= 15 is 0 Å². The minimum absolute atomic E-state index is 0.0285. The molecule has 74 valence electrons. The Balaban J connectivity index is 4.11. The van der Waals surface area contributed by atoms with Gasteiger partial charge < -0.3 is 9.05 Å². The molecule has 0 aromatic rings. The van der Waals surface area contributed by atoms with Crippen molar-refractivity contribution in [2.45, 2.75) is 33.3 Å². The molecule has 2 atom stereocenters. The van der Waals surface area contributed by atoms with Gasteiger partial charge >= 0.3 is 7.60 Å². The van der Waals surface area contributed by atoms with Crippen LogP contribution in [0.25, 0.3) is 0 Å². The lowest BCUT2D eigenvalue weighted by atomic mass is 10.1. The van der Waals surface area contributed by atoms with Crippen LogP contribution in [0.3, 0.4) is 0 Å². The molecule has 0 saturated carbocycles. The Hall–Kier alpha value is 0.150. The average Bonchev–Trinajstić information content (AvgIpc) is 2.00. The molecule has 0 saturated heterocycles. The second-order valence-electron chi connectivity index (χ2n) is 3.25. The van der Waals surface area contributed by atoms with E-state index in [1.165, 1.54) is 13.8 Å². The summed E-state index contributed by atoms with van der Waals surface area (Å²) in [5.74, 6) is 0.374. The molecule has 0 aliphatic rings. The Morgan fingerprint density at radius 2 is 1.92 bits per heavy atom. The monoisotopic (exact) mass is 194 g/mol. The highest BCUT2D eigenvalue weighted by Crippen LogP contribution is 2.45. The first-order chi connectivity index (χ1) is 5.43. The van der Waals surface area contributed by atoms with Gasteiger partial charge in [0.15, 0.2) is 0 Å². The lowest BCUT2D eigenvalue weighted by molar-refractivity contribution is 0.122. The van der Waals surface area contributed by atoms with Gasteiger partial charge in [-0.1, -0.05) is 20.8 Å². The quantitative estimate of drug-likeness (QED) is 0.631. The van der Waals surface area contributed by atoms with Crippen LogP contribution < -0.4 is 0 Å². The Morgan fingerprint density at radius 1 is 1.42 bits per heavy atom. The summed E-state index contributed by atoms with van der Waals surface area (Å²) in [4.78, 5) is 0. The van der Waals surface area contributed by atoms with E-state index in [0.717, 1.165) is 6.42 Å². The molecule has 0 aromatic heterocycles. The van der Waals surface area contributed by atoms with Crippen molar-refractivity contribution in [1.29, 1.82) is 0 Å². The molecule has 0 N–H and O–H groups in total. The number of rotatable bonds is 5. The second kappa shape index (κ2) is 5.00. The summed E-state index contributed by atoms with van der Waals surface area (Å²) in [5, 5.41) is 0. The van der Waals surface area contributed by atoms with E-state index in [1.54, 1.807) is 0 Å². The fraction of sp³-hybridized carbons (Fsp3) is 1.00. The van der Waals surface area contributed by atoms with E-state index in [1.807, 2.05) is 20.8 Å². The highest BCUT2D eigenvalue weighted by Gasteiger charge is 2.22. The van der Waals surface area contributed by atoms with Crippen LogP contribution in [0.2, 0.25) is 0 Å². The molecule has 3 nitrogen and oxygen atoms in total. The molecule has 0 aliphatic heterocycles. The van der Waals surface area contributed by atoms with Crippen molar-refractivity contribution in [3.63, 3.8) is 0 Å². The van der Waals surface area contributed by atoms with Gasteiger partial charge in [0.05, 0.1) is 6.10 Å². The summed E-state index contributed by atoms with van der Waals surface area (Å²) < 4.78 is 21.5. The average molecular weight is 194 g/mol. The maximum atomic E-state index is 11.4. The van der Waals surface area contributed by atoms with Crippen molar-refractivity contribution in [2.24, 2.45) is 5.92 Å². The van der Waals surface area contributed by atoms with Crippen molar-refractivity contribution < 1.29 is 13.6 Å². The largest absolute Gasteiger partial charge is 0.327 e. The maximum absolute atomic E-state index is 11.4. The number of hydrogen-bond acceptors (Lipinski definition) is 3. The van der Waals surface area contributed by atoms with E-state index in [-0.39, 0.29) is 6.10 Å². The first-order valence-corrected chi connectivity index (χ1v) is 6.23. The fourth-order valence-corrected chi connectivity index (χ4v) is 1.93. The van der Waals surface area contributed by atoms with Gasteiger partial charge in [-0.2, -0.15) is 0 Å². The van der Waals surface area contributed by atoms with Crippen LogP contribution in [0.1, 0.15) is 27.2 Å². The molecule has 12 heavy (non-hydrogen) atoms. The van der Waals surface area contributed by atoms with Crippen molar-refractivity contribution in [3.05, 3.63) is 0 Å². The SMILES string of the molecule is CCC(OP(C)(=O)OC)C(C)C. The fourth-order valence-electron chi connectivity index (χ4n) is 0.957. The van der Waals surface area contributed by atoms with Crippen LogP contribution in [0, 0.1) is 5.92 Å². The van der Waals surface area contributed by atoms with Crippen molar-refractivity contribution >= 4 is 7.60 Å². The Labute approximate surface area is 75.0 Å². The van der Waals surface area contributed by atoms with Crippen LogP contribution in [0.5, 0.6) is 0 Å². The van der Waals surface area contributed by atoms with Gasteiger partial charge in [-0.05, 0) is 12.3 Å². The van der Waals surface area contributed by atoms with E-state index in [9.17, 15) is 4.57 Å². The highest BCUT2D eigenvalue weighted by molar-refractivity contribution is 7.52. The Morgan fingerprint density at radius 3 is 2.17 bits per heavy atom. The summed E-state index contributed by atoms with van der Waals surface area (Å²) in [5.41, 5.74) is 0. The molecule has 0 radical (unpaired) electrons. The van der Waals surface area contributed by atoms with Gasteiger partial charge in [0.2, 0.25) is 0 Å². The zero-order valence-corrected chi connectivity index (χ0v) is 9.43. The van der Waals surface area contributed by atoms with E-state index in [4.69, 9.17) is 9.05 Å². The van der Waals surface area contributed by atoms with E-state index in [2.05, 4.69) is 0 Å².